The number of anilines is 2. The molecule has 0 amide bonds. The highest BCUT2D eigenvalue weighted by Gasteiger charge is 2.22. The number of esters is 2. The summed E-state index contributed by atoms with van der Waals surface area (Å²) >= 11 is 0. The number of nitrogens with zero attached hydrogens (tertiary/aromatic N) is 3. The molecule has 2 heterocycles. The Morgan fingerprint density at radius 1 is 1.22 bits per heavy atom. The first kappa shape index (κ1) is 18.3. The highest BCUT2D eigenvalue weighted by molar-refractivity contribution is 5.99. The molecule has 0 saturated heterocycles. The molecule has 27 heavy (non-hydrogen) atoms. The van der Waals surface area contributed by atoms with E-state index < -0.39 is 17.8 Å². The molecule has 0 atom stereocenters. The molecule has 1 aromatic carbocycles. The molecule has 0 aliphatic rings. The van der Waals surface area contributed by atoms with Crippen molar-refractivity contribution >= 4 is 29.1 Å². The largest absolute Gasteiger partial charge is 0.465 e. The molecule has 8 nitrogen and oxygen atoms in total. The lowest BCUT2D eigenvalue weighted by Crippen LogP contribution is -2.13. The van der Waals surface area contributed by atoms with Crippen molar-refractivity contribution in [3.8, 4) is 0 Å². The van der Waals surface area contributed by atoms with E-state index in [2.05, 4.69) is 15.4 Å². The summed E-state index contributed by atoms with van der Waals surface area (Å²) in [6, 6.07) is 4.51. The quantitative estimate of drug-likeness (QED) is 0.688. The van der Waals surface area contributed by atoms with Crippen LogP contribution in [0.1, 0.15) is 33.2 Å². The average Bonchev–Trinajstić information content (AvgIpc) is 3.09. The minimum absolute atomic E-state index is 0.0319. The fourth-order valence-corrected chi connectivity index (χ4v) is 2.53. The first-order chi connectivity index (χ1) is 13.0. The molecule has 2 aromatic heterocycles. The molecular formula is C18H17FN4O4. The summed E-state index contributed by atoms with van der Waals surface area (Å²) in [7, 11) is 1.22. The van der Waals surface area contributed by atoms with Crippen LogP contribution < -0.4 is 5.32 Å². The van der Waals surface area contributed by atoms with Crippen molar-refractivity contribution in [1.29, 1.82) is 0 Å². The zero-order valence-corrected chi connectivity index (χ0v) is 14.9. The Bertz CT molecular complexity index is 1030. The topological polar surface area (TPSA) is 94.8 Å². The predicted molar refractivity (Wildman–Crippen MR) is 94.7 cm³/mol. The Kier molecular flexibility index (Phi) is 5.02. The maximum atomic E-state index is 14.2. The molecule has 0 bridgehead atoms. The van der Waals surface area contributed by atoms with E-state index in [0.29, 0.717) is 0 Å². The molecule has 140 valence electrons. The van der Waals surface area contributed by atoms with Gasteiger partial charge in [-0.3, -0.25) is 0 Å². The summed E-state index contributed by atoms with van der Waals surface area (Å²) in [5.74, 6) is -1.68. The molecule has 1 N–H and O–H groups in total. The van der Waals surface area contributed by atoms with E-state index in [4.69, 9.17) is 9.47 Å². The van der Waals surface area contributed by atoms with Crippen molar-refractivity contribution in [2.75, 3.05) is 19.0 Å². The number of rotatable bonds is 5. The fraction of sp³-hybridized carbons (Fsp3) is 0.222. The lowest BCUT2D eigenvalue weighted by molar-refractivity contribution is 0.0527. The number of hydrogen-bond donors (Lipinski definition) is 1. The van der Waals surface area contributed by atoms with Crippen molar-refractivity contribution < 1.29 is 23.5 Å². The van der Waals surface area contributed by atoms with Crippen molar-refractivity contribution in [1.82, 2.24) is 14.6 Å². The van der Waals surface area contributed by atoms with Gasteiger partial charge in [-0.1, -0.05) is 6.07 Å². The van der Waals surface area contributed by atoms with Gasteiger partial charge in [0.15, 0.2) is 11.5 Å². The normalized spacial score (nSPS) is 10.7. The molecule has 0 unspecified atom stereocenters. The summed E-state index contributed by atoms with van der Waals surface area (Å²) in [6.07, 6.45) is 2.51. The fourth-order valence-electron chi connectivity index (χ4n) is 2.53. The Morgan fingerprint density at radius 3 is 2.70 bits per heavy atom. The number of nitrogens with one attached hydrogen (secondary N) is 1. The molecule has 3 aromatic rings. The van der Waals surface area contributed by atoms with Crippen LogP contribution in [0.3, 0.4) is 0 Å². The molecular weight excluding hydrogens is 355 g/mol. The summed E-state index contributed by atoms with van der Waals surface area (Å²) in [4.78, 5) is 28.3. The van der Waals surface area contributed by atoms with Gasteiger partial charge in [-0.25, -0.2) is 19.0 Å². The van der Waals surface area contributed by atoms with Crippen LogP contribution in [0.2, 0.25) is 0 Å². The molecule has 0 aliphatic carbocycles. The van der Waals surface area contributed by atoms with Crippen LogP contribution in [-0.4, -0.2) is 40.3 Å². The van der Waals surface area contributed by atoms with Gasteiger partial charge >= 0.3 is 11.9 Å². The van der Waals surface area contributed by atoms with Crippen LogP contribution in [0.15, 0.2) is 30.6 Å². The number of methoxy groups -OCH3 is 1. The molecule has 0 spiro atoms. The van der Waals surface area contributed by atoms with Crippen LogP contribution in [0.5, 0.6) is 0 Å². The summed E-state index contributed by atoms with van der Waals surface area (Å²) in [5.41, 5.74) is 1.28. The maximum Gasteiger partial charge on any atom is 0.343 e. The van der Waals surface area contributed by atoms with E-state index in [0.717, 1.165) is 5.56 Å². The van der Waals surface area contributed by atoms with Gasteiger partial charge in [-0.05, 0) is 31.5 Å². The molecule has 0 aliphatic heterocycles. The lowest BCUT2D eigenvalue weighted by atomic mass is 10.2. The van der Waals surface area contributed by atoms with Gasteiger partial charge in [0.25, 0.3) is 0 Å². The second kappa shape index (κ2) is 7.40. The van der Waals surface area contributed by atoms with E-state index in [1.807, 2.05) is 0 Å². The molecule has 0 fully saturated rings. The maximum absolute atomic E-state index is 14.2. The second-order valence-corrected chi connectivity index (χ2v) is 5.63. The molecule has 0 radical (unpaired) electrons. The number of carbonyl (C=O) groups excluding carboxylic acids is 2. The number of hydrogen-bond acceptors (Lipinski definition) is 7. The predicted octanol–water partition coefficient (Wildman–Crippen LogP) is 2.88. The Morgan fingerprint density at radius 2 is 2.00 bits per heavy atom. The summed E-state index contributed by atoms with van der Waals surface area (Å²) in [6.45, 7) is 3.68. The molecule has 3 rings (SSSR count). The van der Waals surface area contributed by atoms with Gasteiger partial charge in [-0.15, -0.1) is 0 Å². The Balaban J connectivity index is 2.19. The van der Waals surface area contributed by atoms with Crippen molar-refractivity contribution in [3.63, 3.8) is 0 Å². The van der Waals surface area contributed by atoms with Crippen LogP contribution in [0.4, 0.5) is 15.9 Å². The zero-order valence-electron chi connectivity index (χ0n) is 14.9. The van der Waals surface area contributed by atoms with Crippen LogP contribution >= 0.6 is 0 Å². The monoisotopic (exact) mass is 372 g/mol. The minimum atomic E-state index is -0.687. The van der Waals surface area contributed by atoms with E-state index >= 15 is 0 Å². The van der Waals surface area contributed by atoms with Gasteiger partial charge in [0.2, 0.25) is 0 Å². The second-order valence-electron chi connectivity index (χ2n) is 5.63. The van der Waals surface area contributed by atoms with Gasteiger partial charge in [0.05, 0.1) is 25.6 Å². The third kappa shape index (κ3) is 3.43. The van der Waals surface area contributed by atoms with Crippen LogP contribution in [0, 0.1) is 12.7 Å². The zero-order chi connectivity index (χ0) is 19.6. The molecule has 0 saturated carbocycles. The van der Waals surface area contributed by atoms with Crippen molar-refractivity contribution in [3.05, 3.63) is 53.1 Å². The van der Waals surface area contributed by atoms with Gasteiger partial charge in [-0.2, -0.15) is 9.61 Å². The Hall–Kier alpha value is -3.49. The number of ether oxygens (including phenoxy) is 2. The van der Waals surface area contributed by atoms with Crippen molar-refractivity contribution in [2.24, 2.45) is 0 Å². The molecule has 9 heteroatoms. The minimum Gasteiger partial charge on any atom is -0.465 e. The highest BCUT2D eigenvalue weighted by atomic mass is 19.1. The van der Waals surface area contributed by atoms with Crippen LogP contribution in [0.25, 0.3) is 5.65 Å². The third-order valence-electron chi connectivity index (χ3n) is 3.80. The lowest BCUT2D eigenvalue weighted by Gasteiger charge is -2.13. The van der Waals surface area contributed by atoms with Gasteiger partial charge in [0, 0.05) is 6.20 Å². The van der Waals surface area contributed by atoms with E-state index in [9.17, 15) is 14.0 Å². The number of benzene rings is 1. The number of halogens is 1. The SMILES string of the molecule is CCOC(=O)c1cnn2c(Nc3cc(C)ccc3F)c(C(=O)OC)cnc12. The Labute approximate surface area is 153 Å². The van der Waals surface area contributed by atoms with Gasteiger partial charge in [0.1, 0.15) is 16.9 Å². The number of aromatic nitrogens is 3. The van der Waals surface area contributed by atoms with Crippen molar-refractivity contribution in [2.45, 2.75) is 13.8 Å². The van der Waals surface area contributed by atoms with Gasteiger partial charge < -0.3 is 14.8 Å². The summed E-state index contributed by atoms with van der Waals surface area (Å²) < 4.78 is 25.2. The number of aryl methyl sites for hydroxylation is 1. The first-order valence-electron chi connectivity index (χ1n) is 8.11. The number of carbonyl (C=O) groups is 2. The van der Waals surface area contributed by atoms with Crippen LogP contribution in [-0.2, 0) is 9.47 Å². The smallest absolute Gasteiger partial charge is 0.343 e. The van der Waals surface area contributed by atoms with E-state index in [1.54, 1.807) is 26.0 Å². The highest BCUT2D eigenvalue weighted by Crippen LogP contribution is 2.26. The number of fused-ring (bicyclic) bond motifs is 1. The standard InChI is InChI=1S/C18H17FN4O4/c1-4-27-18(25)12-9-21-23-15(12)20-8-11(17(24)26-3)16(23)22-14-7-10(2)5-6-13(14)19/h5-9,22H,4H2,1-3H3. The summed E-state index contributed by atoms with van der Waals surface area (Å²) in [5, 5.41) is 6.96. The average molecular weight is 372 g/mol. The van der Waals surface area contributed by atoms with E-state index in [-0.39, 0.29) is 34.9 Å². The third-order valence-corrected chi connectivity index (χ3v) is 3.80. The van der Waals surface area contributed by atoms with E-state index in [1.165, 1.54) is 30.1 Å². The first-order valence-corrected chi connectivity index (χ1v) is 8.11.